The van der Waals surface area contributed by atoms with Gasteiger partial charge in [-0.05, 0) is 43.4 Å². The van der Waals surface area contributed by atoms with E-state index in [2.05, 4.69) is 16.6 Å². The summed E-state index contributed by atoms with van der Waals surface area (Å²) in [5.74, 6) is -1.16. The molecule has 1 atom stereocenters. The number of aryl methyl sites for hydroxylation is 1. The molecule has 0 aromatic carbocycles. The maximum Gasteiger partial charge on any atom is 0.349 e. The van der Waals surface area contributed by atoms with Gasteiger partial charge in [-0.3, -0.25) is 4.98 Å². The van der Waals surface area contributed by atoms with Gasteiger partial charge in [0.1, 0.15) is 11.4 Å². The number of alkyl halides is 1. The van der Waals surface area contributed by atoms with Crippen LogP contribution in [0.1, 0.15) is 44.1 Å². The molecule has 0 amide bonds. The third kappa shape index (κ3) is 3.08. The zero-order valence-electron chi connectivity index (χ0n) is 13.2. The van der Waals surface area contributed by atoms with Crippen LogP contribution in [-0.2, 0) is 17.6 Å². The molecule has 0 spiro atoms. The smallest absolute Gasteiger partial charge is 0.349 e. The minimum atomic E-state index is -1.24. The Hall–Kier alpha value is -2.04. The van der Waals surface area contributed by atoms with Gasteiger partial charge in [0.2, 0.25) is 0 Å². The van der Waals surface area contributed by atoms with E-state index in [0.717, 1.165) is 11.3 Å². The van der Waals surface area contributed by atoms with Gasteiger partial charge >= 0.3 is 5.97 Å². The highest BCUT2D eigenvalue weighted by Gasteiger charge is 2.38. The minimum Gasteiger partial charge on any atom is -0.477 e. The van der Waals surface area contributed by atoms with Crippen LogP contribution in [0.25, 0.3) is 6.08 Å². The maximum atomic E-state index is 14.9. The van der Waals surface area contributed by atoms with E-state index in [1.54, 1.807) is 12.1 Å². The number of aliphatic imine (C=N–C) groups is 1. The van der Waals surface area contributed by atoms with Crippen molar-refractivity contribution in [3.8, 4) is 0 Å². The molecule has 0 radical (unpaired) electrons. The van der Waals surface area contributed by atoms with Crippen LogP contribution in [0, 0.1) is 5.92 Å². The second kappa shape index (κ2) is 5.99. The van der Waals surface area contributed by atoms with Crippen LogP contribution >= 0.6 is 0 Å². The van der Waals surface area contributed by atoms with Crippen molar-refractivity contribution in [3.05, 3.63) is 29.6 Å². The lowest BCUT2D eigenvalue weighted by Gasteiger charge is -2.34. The van der Waals surface area contributed by atoms with Gasteiger partial charge in [-0.25, -0.2) is 14.2 Å². The van der Waals surface area contributed by atoms with Crippen molar-refractivity contribution in [2.45, 2.75) is 45.7 Å². The first-order chi connectivity index (χ1) is 10.3. The van der Waals surface area contributed by atoms with Crippen molar-refractivity contribution in [2.75, 3.05) is 0 Å². The van der Waals surface area contributed by atoms with Crippen LogP contribution in [0.4, 0.5) is 10.1 Å². The van der Waals surface area contributed by atoms with E-state index in [0.29, 0.717) is 30.6 Å². The lowest BCUT2D eigenvalue weighted by molar-refractivity contribution is -0.129. The van der Waals surface area contributed by atoms with Crippen LogP contribution in [0.2, 0.25) is 0 Å². The average Bonchev–Trinajstić information content (AvgIpc) is 2.46. The second-order valence-electron chi connectivity index (χ2n) is 6.07. The third-order valence-corrected chi connectivity index (χ3v) is 4.29. The van der Waals surface area contributed by atoms with E-state index in [1.807, 2.05) is 13.8 Å². The number of nitrogens with zero attached hydrogens (tertiary/aromatic N) is 2. The predicted octanol–water partition coefficient (Wildman–Crippen LogP) is 3.75. The summed E-state index contributed by atoms with van der Waals surface area (Å²) >= 11 is 0. The van der Waals surface area contributed by atoms with Crippen LogP contribution in [0.3, 0.4) is 0 Å². The van der Waals surface area contributed by atoms with E-state index in [1.165, 1.54) is 6.92 Å². The van der Waals surface area contributed by atoms with E-state index in [4.69, 9.17) is 5.11 Å². The van der Waals surface area contributed by atoms with Gasteiger partial charge in [0.25, 0.3) is 0 Å². The number of carbonyl (C=O) groups is 1. The number of aliphatic carboxylic acids is 1. The van der Waals surface area contributed by atoms with Gasteiger partial charge in [0, 0.05) is 12.1 Å². The number of hydrogen-bond donors (Lipinski definition) is 1. The summed E-state index contributed by atoms with van der Waals surface area (Å²) < 4.78 is 14.9. The largest absolute Gasteiger partial charge is 0.477 e. The Morgan fingerprint density at radius 3 is 2.82 bits per heavy atom. The number of fused-ring (bicyclic) bond motifs is 1. The molecule has 1 aromatic rings. The first-order valence-electron chi connectivity index (χ1n) is 7.39. The van der Waals surface area contributed by atoms with Crippen molar-refractivity contribution < 1.29 is 14.3 Å². The van der Waals surface area contributed by atoms with Gasteiger partial charge < -0.3 is 5.11 Å². The van der Waals surface area contributed by atoms with Crippen molar-refractivity contribution in [1.29, 1.82) is 0 Å². The number of aromatic nitrogens is 1. The summed E-state index contributed by atoms with van der Waals surface area (Å²) in [4.78, 5) is 19.5. The molecule has 1 aliphatic carbocycles. The Bertz CT molecular complexity index is 652. The van der Waals surface area contributed by atoms with Gasteiger partial charge in [-0.2, -0.15) is 0 Å². The highest BCUT2D eigenvalue weighted by Crippen LogP contribution is 2.38. The Balaban J connectivity index is 2.49. The minimum absolute atomic E-state index is 0.0315. The Morgan fingerprint density at radius 2 is 2.27 bits per heavy atom. The van der Waals surface area contributed by atoms with Crippen molar-refractivity contribution in [1.82, 2.24) is 4.98 Å². The van der Waals surface area contributed by atoms with Gasteiger partial charge in [-0.15, -0.1) is 0 Å². The fourth-order valence-electron chi connectivity index (χ4n) is 2.66. The number of rotatable bonds is 4. The molecule has 22 heavy (non-hydrogen) atoms. The van der Waals surface area contributed by atoms with Crippen molar-refractivity contribution in [2.24, 2.45) is 10.9 Å². The maximum absolute atomic E-state index is 14.9. The van der Waals surface area contributed by atoms with Gasteiger partial charge in [0.05, 0.1) is 11.4 Å². The zero-order chi connectivity index (χ0) is 16.5. The molecule has 1 heterocycles. The van der Waals surface area contributed by atoms with E-state index >= 15 is 0 Å². The molecule has 5 heteroatoms. The van der Waals surface area contributed by atoms with Crippen LogP contribution < -0.4 is 0 Å². The average molecular weight is 304 g/mol. The summed E-state index contributed by atoms with van der Waals surface area (Å²) in [7, 11) is 0. The summed E-state index contributed by atoms with van der Waals surface area (Å²) in [5.41, 5.74) is 1.36. The highest BCUT2D eigenvalue weighted by molar-refractivity contribution is 6.35. The number of halogens is 1. The lowest BCUT2D eigenvalue weighted by Crippen LogP contribution is -2.36. The van der Waals surface area contributed by atoms with Crippen LogP contribution in [0.15, 0.2) is 17.6 Å². The summed E-state index contributed by atoms with van der Waals surface area (Å²) in [5, 5.41) is 8.96. The van der Waals surface area contributed by atoms with Crippen molar-refractivity contribution in [3.63, 3.8) is 0 Å². The number of hydrogen-bond acceptors (Lipinski definition) is 3. The van der Waals surface area contributed by atoms with E-state index in [-0.39, 0.29) is 11.6 Å². The molecule has 0 bridgehead atoms. The Labute approximate surface area is 129 Å². The van der Waals surface area contributed by atoms with E-state index in [9.17, 15) is 9.18 Å². The molecule has 1 aromatic heterocycles. The molecule has 0 saturated heterocycles. The molecule has 1 aliphatic rings. The molecule has 1 N–H and O–H groups in total. The monoisotopic (exact) mass is 304 g/mol. The van der Waals surface area contributed by atoms with Crippen molar-refractivity contribution >= 4 is 23.4 Å². The summed E-state index contributed by atoms with van der Waals surface area (Å²) in [6, 6.07) is 1.75. The van der Waals surface area contributed by atoms with E-state index < -0.39 is 11.6 Å². The molecule has 118 valence electrons. The summed E-state index contributed by atoms with van der Waals surface area (Å²) in [6.45, 7) is 8.87. The highest BCUT2D eigenvalue weighted by atomic mass is 19.1. The topological polar surface area (TPSA) is 62.5 Å². The zero-order valence-corrected chi connectivity index (χ0v) is 13.2. The normalized spacial score (nSPS) is 21.6. The van der Waals surface area contributed by atoms with Crippen LogP contribution in [-0.4, -0.2) is 27.4 Å². The number of pyridine rings is 1. The molecule has 2 rings (SSSR count). The first kappa shape index (κ1) is 16.3. The number of carboxylic acid groups (broad SMARTS) is 1. The molecular formula is C17H21FN2O2. The van der Waals surface area contributed by atoms with Gasteiger partial charge in [-0.1, -0.05) is 20.4 Å². The molecule has 4 nitrogen and oxygen atoms in total. The fraction of sp³-hybridized carbons (Fsp3) is 0.471. The fourth-order valence-corrected chi connectivity index (χ4v) is 2.66. The molecule has 0 saturated carbocycles. The number of carboxylic acids is 1. The van der Waals surface area contributed by atoms with Crippen LogP contribution in [0.5, 0.6) is 0 Å². The predicted molar refractivity (Wildman–Crippen MR) is 85.4 cm³/mol. The quantitative estimate of drug-likeness (QED) is 0.862. The molecule has 0 fully saturated rings. The Kier molecular flexibility index (Phi) is 4.44. The standard InChI is InChI=1S/C17H21FN2O2/c1-5-13-15(19-11(4)16(21)22)8-12-9-17(18,10(2)3)7-6-14(12)20-13/h5,8,10H,1,6-7,9H2,2-4H3,(H,21,22)/b19-11+/t17-/m0/s1. The molecule has 0 unspecified atom stereocenters. The summed E-state index contributed by atoms with van der Waals surface area (Å²) in [6.07, 6.45) is 2.87. The lowest BCUT2D eigenvalue weighted by atomic mass is 9.77. The molecule has 0 aliphatic heterocycles. The van der Waals surface area contributed by atoms with Gasteiger partial charge in [0.15, 0.2) is 0 Å². The Morgan fingerprint density at radius 1 is 1.59 bits per heavy atom. The first-order valence-corrected chi connectivity index (χ1v) is 7.39. The third-order valence-electron chi connectivity index (χ3n) is 4.29. The SMILES string of the molecule is C=Cc1nc2c(cc1/N=C(\C)C(=O)O)C[C@](F)(C(C)C)CC2. The molecular weight excluding hydrogens is 283 g/mol. The second-order valence-corrected chi connectivity index (χ2v) is 6.07.